The number of methoxy groups -OCH3 is 1. The first-order valence-electron chi connectivity index (χ1n) is 8.97. The number of hydrogen-bond donors (Lipinski definition) is 1. The van der Waals surface area contributed by atoms with Gasteiger partial charge in [-0.3, -0.25) is 9.89 Å². The van der Waals surface area contributed by atoms with E-state index in [4.69, 9.17) is 21.3 Å². The van der Waals surface area contributed by atoms with Crippen LogP contribution in [0.2, 0.25) is 5.02 Å². The SMILES string of the molecule is COc1ccc(-c2c(C)[nH]n3c(=O)c(Cc4cccc(Cl)c4)c(C)nc23)cc1. The van der Waals surface area contributed by atoms with Gasteiger partial charge in [0.05, 0.1) is 7.11 Å². The van der Waals surface area contributed by atoms with Crippen LogP contribution in [0, 0.1) is 13.8 Å². The lowest BCUT2D eigenvalue weighted by molar-refractivity contribution is 0.415. The zero-order valence-electron chi connectivity index (χ0n) is 15.9. The van der Waals surface area contributed by atoms with E-state index < -0.39 is 0 Å². The molecule has 0 aliphatic carbocycles. The maximum absolute atomic E-state index is 13.2. The highest BCUT2D eigenvalue weighted by atomic mass is 35.5. The molecule has 0 saturated carbocycles. The van der Waals surface area contributed by atoms with E-state index in [-0.39, 0.29) is 5.56 Å². The summed E-state index contributed by atoms with van der Waals surface area (Å²) in [6, 6.07) is 15.3. The number of hydrogen-bond acceptors (Lipinski definition) is 3. The number of H-pyrrole nitrogens is 1. The summed E-state index contributed by atoms with van der Waals surface area (Å²) in [5.41, 5.74) is 5.66. The van der Waals surface area contributed by atoms with Gasteiger partial charge >= 0.3 is 0 Å². The fourth-order valence-electron chi connectivity index (χ4n) is 3.48. The molecule has 0 fully saturated rings. The molecule has 6 heteroatoms. The third kappa shape index (κ3) is 3.18. The van der Waals surface area contributed by atoms with Gasteiger partial charge in [-0.25, -0.2) is 9.50 Å². The molecule has 2 aromatic carbocycles. The second-order valence-corrected chi connectivity index (χ2v) is 7.22. The Kier molecular flexibility index (Phi) is 4.69. The largest absolute Gasteiger partial charge is 0.497 e. The van der Waals surface area contributed by atoms with E-state index in [1.807, 2.05) is 62.4 Å². The Labute approximate surface area is 167 Å². The van der Waals surface area contributed by atoms with Gasteiger partial charge in [0.2, 0.25) is 0 Å². The first-order chi connectivity index (χ1) is 13.5. The molecule has 2 heterocycles. The van der Waals surface area contributed by atoms with Gasteiger partial charge in [-0.15, -0.1) is 0 Å². The first kappa shape index (κ1) is 18.3. The molecule has 5 nitrogen and oxygen atoms in total. The molecule has 0 bridgehead atoms. The van der Waals surface area contributed by atoms with Crippen LogP contribution < -0.4 is 10.3 Å². The van der Waals surface area contributed by atoms with Crippen molar-refractivity contribution in [3.63, 3.8) is 0 Å². The van der Waals surface area contributed by atoms with Gasteiger partial charge < -0.3 is 4.74 Å². The van der Waals surface area contributed by atoms with Gasteiger partial charge in [-0.2, -0.15) is 0 Å². The van der Waals surface area contributed by atoms with Crippen molar-refractivity contribution in [1.82, 2.24) is 14.6 Å². The number of rotatable bonds is 4. The van der Waals surface area contributed by atoms with Crippen LogP contribution in [0.3, 0.4) is 0 Å². The molecule has 0 radical (unpaired) electrons. The molecular formula is C22H20ClN3O2. The van der Waals surface area contributed by atoms with Crippen molar-refractivity contribution in [1.29, 1.82) is 0 Å². The van der Waals surface area contributed by atoms with Crippen LogP contribution in [0.25, 0.3) is 16.8 Å². The topological polar surface area (TPSA) is 59.4 Å². The molecule has 4 rings (SSSR count). The Morgan fingerprint density at radius 3 is 2.57 bits per heavy atom. The van der Waals surface area contributed by atoms with Crippen LogP contribution in [-0.2, 0) is 6.42 Å². The normalized spacial score (nSPS) is 11.1. The zero-order valence-corrected chi connectivity index (χ0v) is 16.7. The van der Waals surface area contributed by atoms with E-state index in [1.54, 1.807) is 7.11 Å². The fourth-order valence-corrected chi connectivity index (χ4v) is 3.70. The van der Waals surface area contributed by atoms with Gasteiger partial charge in [0, 0.05) is 34.0 Å². The molecule has 0 aliphatic heterocycles. The summed E-state index contributed by atoms with van der Waals surface area (Å²) >= 11 is 6.09. The van der Waals surface area contributed by atoms with Crippen molar-refractivity contribution in [2.75, 3.05) is 7.11 Å². The highest BCUT2D eigenvalue weighted by molar-refractivity contribution is 6.30. The average molecular weight is 394 g/mol. The minimum Gasteiger partial charge on any atom is -0.497 e. The van der Waals surface area contributed by atoms with E-state index in [1.165, 1.54) is 4.52 Å². The summed E-state index contributed by atoms with van der Waals surface area (Å²) in [5, 5.41) is 3.83. The Bertz CT molecular complexity index is 1220. The molecule has 0 saturated heterocycles. The highest BCUT2D eigenvalue weighted by Crippen LogP contribution is 2.28. The second-order valence-electron chi connectivity index (χ2n) is 6.79. The van der Waals surface area contributed by atoms with E-state index in [0.29, 0.717) is 22.7 Å². The fraction of sp³-hybridized carbons (Fsp3) is 0.182. The van der Waals surface area contributed by atoms with Gasteiger partial charge in [0.15, 0.2) is 5.65 Å². The molecule has 4 aromatic rings. The number of aryl methyl sites for hydroxylation is 2. The van der Waals surface area contributed by atoms with Gasteiger partial charge in [0.1, 0.15) is 5.75 Å². The first-order valence-corrected chi connectivity index (χ1v) is 9.35. The van der Waals surface area contributed by atoms with E-state index >= 15 is 0 Å². The van der Waals surface area contributed by atoms with E-state index in [2.05, 4.69) is 5.10 Å². The second kappa shape index (κ2) is 7.17. The van der Waals surface area contributed by atoms with Crippen LogP contribution in [0.15, 0.2) is 53.3 Å². The van der Waals surface area contributed by atoms with Crippen molar-refractivity contribution in [3.05, 3.63) is 86.4 Å². The summed E-state index contributed by atoms with van der Waals surface area (Å²) in [7, 11) is 1.64. The van der Waals surface area contributed by atoms with Crippen LogP contribution in [0.1, 0.15) is 22.5 Å². The van der Waals surface area contributed by atoms with Crippen molar-refractivity contribution in [2.45, 2.75) is 20.3 Å². The predicted molar refractivity (Wildman–Crippen MR) is 112 cm³/mol. The van der Waals surface area contributed by atoms with Gasteiger partial charge in [-0.05, 0) is 49.2 Å². The molecule has 142 valence electrons. The third-order valence-electron chi connectivity index (χ3n) is 4.91. The zero-order chi connectivity index (χ0) is 19.8. The Hall–Kier alpha value is -3.05. The minimum atomic E-state index is -0.0923. The number of aromatic nitrogens is 3. The molecular weight excluding hydrogens is 374 g/mol. The predicted octanol–water partition coefficient (Wildman–Crippen LogP) is 4.56. The summed E-state index contributed by atoms with van der Waals surface area (Å²) < 4.78 is 6.76. The Balaban J connectivity index is 1.85. The standard InChI is InChI=1S/C22H20ClN3O2/c1-13-19(12-15-5-4-6-17(23)11-15)22(27)26-21(24-13)20(14(2)25-26)16-7-9-18(28-3)10-8-16/h4-11,25H,12H2,1-3H3. The summed E-state index contributed by atoms with van der Waals surface area (Å²) in [4.78, 5) is 17.9. The van der Waals surface area contributed by atoms with Crippen LogP contribution in [-0.4, -0.2) is 21.7 Å². The monoisotopic (exact) mass is 393 g/mol. The number of fused-ring (bicyclic) bond motifs is 1. The molecule has 2 aromatic heterocycles. The van der Waals surface area contributed by atoms with E-state index in [0.717, 1.165) is 33.8 Å². The highest BCUT2D eigenvalue weighted by Gasteiger charge is 2.18. The number of benzene rings is 2. The van der Waals surface area contributed by atoms with Gasteiger partial charge in [-0.1, -0.05) is 35.9 Å². The summed E-state index contributed by atoms with van der Waals surface area (Å²) in [5.74, 6) is 0.784. The smallest absolute Gasteiger partial charge is 0.276 e. The molecule has 0 amide bonds. The van der Waals surface area contributed by atoms with Gasteiger partial charge in [0.25, 0.3) is 5.56 Å². The molecule has 0 aliphatic rings. The lowest BCUT2D eigenvalue weighted by Gasteiger charge is -2.07. The van der Waals surface area contributed by atoms with Crippen molar-refractivity contribution in [2.24, 2.45) is 0 Å². The van der Waals surface area contributed by atoms with E-state index in [9.17, 15) is 4.79 Å². The average Bonchev–Trinajstić information content (AvgIpc) is 3.01. The maximum Gasteiger partial charge on any atom is 0.276 e. The number of nitrogens with one attached hydrogen (secondary N) is 1. The van der Waals surface area contributed by atoms with Crippen molar-refractivity contribution >= 4 is 17.2 Å². The molecule has 0 spiro atoms. The number of halogens is 1. The third-order valence-corrected chi connectivity index (χ3v) is 5.15. The minimum absolute atomic E-state index is 0.0923. The Morgan fingerprint density at radius 2 is 1.89 bits per heavy atom. The number of aromatic amines is 1. The Morgan fingerprint density at radius 1 is 1.14 bits per heavy atom. The lowest BCUT2D eigenvalue weighted by atomic mass is 10.0. The van der Waals surface area contributed by atoms with Crippen molar-refractivity contribution < 1.29 is 4.74 Å². The van der Waals surface area contributed by atoms with Crippen molar-refractivity contribution in [3.8, 4) is 16.9 Å². The van der Waals surface area contributed by atoms with Crippen LogP contribution in [0.5, 0.6) is 5.75 Å². The van der Waals surface area contributed by atoms with Crippen LogP contribution >= 0.6 is 11.6 Å². The molecule has 1 N–H and O–H groups in total. The molecule has 0 atom stereocenters. The maximum atomic E-state index is 13.2. The summed E-state index contributed by atoms with van der Waals surface area (Å²) in [6.45, 7) is 3.82. The quantitative estimate of drug-likeness (QED) is 0.553. The number of ether oxygens (including phenoxy) is 1. The number of nitrogens with zero attached hydrogens (tertiary/aromatic N) is 2. The molecule has 0 unspecified atom stereocenters. The summed E-state index contributed by atoms with van der Waals surface area (Å²) in [6.07, 6.45) is 0.483. The lowest BCUT2D eigenvalue weighted by Crippen LogP contribution is -2.22. The van der Waals surface area contributed by atoms with Crippen LogP contribution in [0.4, 0.5) is 0 Å². The molecule has 28 heavy (non-hydrogen) atoms.